The third-order valence-electron chi connectivity index (χ3n) is 4.08. The number of aliphatic hydroxyl groups excluding tert-OH is 1. The number of aliphatic hydroxyl groups is 1. The van der Waals surface area contributed by atoms with Crippen LogP contribution in [0.25, 0.3) is 11.0 Å². The van der Waals surface area contributed by atoms with E-state index in [0.29, 0.717) is 13.3 Å². The average Bonchev–Trinajstić information content (AvgIpc) is 2.88. The van der Waals surface area contributed by atoms with Gasteiger partial charge in [0, 0.05) is 40.4 Å². The van der Waals surface area contributed by atoms with Crippen LogP contribution in [0, 0.1) is 0 Å². The Labute approximate surface area is 145 Å². The fourth-order valence-electron chi connectivity index (χ4n) is 2.62. The third kappa shape index (κ3) is 5.14. The number of para-hydroxylation sites is 1. The number of hydrogen-bond donors (Lipinski definition) is 1. The monoisotopic (exact) mass is 350 g/mol. The number of aromatic nitrogens is 2. The third-order valence-corrected chi connectivity index (χ3v) is 5.78. The first-order valence-corrected chi connectivity index (χ1v) is 12.3. The highest BCUT2D eigenvalue weighted by molar-refractivity contribution is 6.76. The Morgan fingerprint density at radius 2 is 2.00 bits per heavy atom. The molecule has 0 radical (unpaired) electrons. The van der Waals surface area contributed by atoms with Crippen molar-refractivity contribution in [3.63, 3.8) is 0 Å². The Morgan fingerprint density at radius 1 is 1.21 bits per heavy atom. The summed E-state index contributed by atoms with van der Waals surface area (Å²) in [6, 6.07) is 7.08. The maximum Gasteiger partial charge on any atom is 0.124 e. The molecular weight excluding hydrogens is 320 g/mol. The molecule has 0 saturated carbocycles. The molecule has 0 amide bonds. The second kappa shape index (κ2) is 8.76. The molecule has 0 aliphatic rings. The molecule has 0 spiro atoms. The zero-order valence-electron chi connectivity index (χ0n) is 15.3. The minimum atomic E-state index is -1.09. The Bertz CT molecular complexity index is 649. The molecule has 1 N–H and O–H groups in total. The summed E-state index contributed by atoms with van der Waals surface area (Å²) in [7, 11) is 0.628. The molecule has 5 nitrogen and oxygen atoms in total. The number of rotatable bonds is 10. The zero-order chi connectivity index (χ0) is 17.6. The van der Waals surface area contributed by atoms with Crippen LogP contribution in [0.1, 0.15) is 17.8 Å². The van der Waals surface area contributed by atoms with Crippen molar-refractivity contribution in [2.45, 2.75) is 51.9 Å². The number of aryl methyl sites for hydroxylation is 1. The molecule has 134 valence electrons. The van der Waals surface area contributed by atoms with Gasteiger partial charge in [-0.05, 0) is 18.5 Å². The van der Waals surface area contributed by atoms with Gasteiger partial charge in [-0.25, -0.2) is 4.98 Å². The van der Waals surface area contributed by atoms with Crippen molar-refractivity contribution >= 4 is 19.1 Å². The molecule has 2 rings (SSSR count). The molecule has 2 aromatic rings. The Balaban J connectivity index is 2.18. The molecule has 0 aliphatic heterocycles. The lowest BCUT2D eigenvalue weighted by molar-refractivity contribution is 0.0875. The average molecular weight is 351 g/mol. The van der Waals surface area contributed by atoms with E-state index in [2.05, 4.69) is 24.2 Å². The predicted molar refractivity (Wildman–Crippen MR) is 100.0 cm³/mol. The van der Waals surface area contributed by atoms with Crippen molar-refractivity contribution < 1.29 is 14.6 Å². The molecule has 24 heavy (non-hydrogen) atoms. The summed E-state index contributed by atoms with van der Waals surface area (Å²) in [5, 5.41) is 9.56. The first-order valence-electron chi connectivity index (χ1n) is 8.61. The van der Waals surface area contributed by atoms with Gasteiger partial charge < -0.3 is 19.1 Å². The van der Waals surface area contributed by atoms with Gasteiger partial charge in [-0.3, -0.25) is 0 Å². The van der Waals surface area contributed by atoms with Crippen LogP contribution in [0.2, 0.25) is 25.7 Å². The summed E-state index contributed by atoms with van der Waals surface area (Å²) in [5.41, 5.74) is 2.77. The maximum absolute atomic E-state index is 9.56. The van der Waals surface area contributed by atoms with E-state index in [0.717, 1.165) is 47.9 Å². The van der Waals surface area contributed by atoms with Crippen LogP contribution in [0.3, 0.4) is 0 Å². The van der Waals surface area contributed by atoms with Gasteiger partial charge >= 0.3 is 0 Å². The van der Waals surface area contributed by atoms with Gasteiger partial charge in [0.15, 0.2) is 0 Å². The normalized spacial score (nSPS) is 12.2. The molecule has 6 heteroatoms. The van der Waals surface area contributed by atoms with Crippen LogP contribution in [0.4, 0.5) is 0 Å². The first kappa shape index (κ1) is 19.1. The number of ether oxygens (including phenoxy) is 2. The van der Waals surface area contributed by atoms with Crippen molar-refractivity contribution in [1.29, 1.82) is 0 Å². The molecule has 0 bridgehead atoms. The van der Waals surface area contributed by atoms with Crippen LogP contribution in [0.5, 0.6) is 0 Å². The fourth-order valence-corrected chi connectivity index (χ4v) is 3.38. The van der Waals surface area contributed by atoms with Gasteiger partial charge in [-0.2, -0.15) is 0 Å². The summed E-state index contributed by atoms with van der Waals surface area (Å²) < 4.78 is 13.2. The highest BCUT2D eigenvalue weighted by Crippen LogP contribution is 2.21. The van der Waals surface area contributed by atoms with Crippen molar-refractivity contribution in [3.8, 4) is 0 Å². The van der Waals surface area contributed by atoms with Gasteiger partial charge in [0.2, 0.25) is 0 Å². The number of imidazole rings is 1. The number of fused-ring (bicyclic) bond motifs is 1. The zero-order valence-corrected chi connectivity index (χ0v) is 16.3. The SMILES string of the molecule is COCCCc1nc2c(CO)cccc2n1COCC[Si](C)(C)C. The molecule has 0 aliphatic carbocycles. The fraction of sp³-hybridized carbons (Fsp3) is 0.611. The molecule has 0 atom stereocenters. The second-order valence-electron chi connectivity index (χ2n) is 7.34. The molecule has 0 saturated heterocycles. The van der Waals surface area contributed by atoms with E-state index in [1.54, 1.807) is 7.11 Å². The van der Waals surface area contributed by atoms with Crippen LogP contribution in [-0.4, -0.2) is 43.1 Å². The number of hydrogen-bond acceptors (Lipinski definition) is 4. The van der Waals surface area contributed by atoms with Crippen LogP contribution < -0.4 is 0 Å². The quantitative estimate of drug-likeness (QED) is 0.527. The predicted octanol–water partition coefficient (Wildman–Crippen LogP) is 3.42. The minimum Gasteiger partial charge on any atom is -0.392 e. The summed E-state index contributed by atoms with van der Waals surface area (Å²) >= 11 is 0. The first-order chi connectivity index (χ1) is 11.5. The summed E-state index contributed by atoms with van der Waals surface area (Å²) in [4.78, 5) is 4.76. The molecule has 1 aromatic heterocycles. The number of benzene rings is 1. The van der Waals surface area contributed by atoms with Gasteiger partial charge in [-0.15, -0.1) is 0 Å². The Hall–Kier alpha value is -1.21. The van der Waals surface area contributed by atoms with Crippen LogP contribution in [-0.2, 0) is 29.2 Å². The standard InChI is InChI=1S/C18H30N2O3Si/c1-22-10-6-9-17-19-18-15(13-21)7-5-8-16(18)20(17)14-23-11-12-24(2,3)4/h5,7-8,21H,6,9-14H2,1-4H3. The van der Waals surface area contributed by atoms with E-state index in [1.807, 2.05) is 18.2 Å². The van der Waals surface area contributed by atoms with E-state index in [-0.39, 0.29) is 6.61 Å². The van der Waals surface area contributed by atoms with Crippen molar-refractivity contribution in [1.82, 2.24) is 9.55 Å². The van der Waals surface area contributed by atoms with Crippen molar-refractivity contribution in [2.75, 3.05) is 20.3 Å². The summed E-state index contributed by atoms with van der Waals surface area (Å²) in [5.74, 6) is 0.996. The van der Waals surface area contributed by atoms with Crippen LogP contribution in [0.15, 0.2) is 18.2 Å². The van der Waals surface area contributed by atoms with E-state index < -0.39 is 8.07 Å². The molecular formula is C18H30N2O3Si. The van der Waals surface area contributed by atoms with E-state index in [1.165, 1.54) is 0 Å². The lowest BCUT2D eigenvalue weighted by atomic mass is 10.2. The van der Waals surface area contributed by atoms with E-state index in [4.69, 9.17) is 14.5 Å². The highest BCUT2D eigenvalue weighted by Gasteiger charge is 2.15. The molecule has 1 heterocycles. The topological polar surface area (TPSA) is 56.5 Å². The number of methoxy groups -OCH3 is 1. The van der Waals surface area contributed by atoms with Gasteiger partial charge in [0.25, 0.3) is 0 Å². The van der Waals surface area contributed by atoms with E-state index in [9.17, 15) is 5.11 Å². The van der Waals surface area contributed by atoms with Crippen LogP contribution >= 0.6 is 0 Å². The summed E-state index contributed by atoms with van der Waals surface area (Å²) in [6.07, 6.45) is 1.76. The second-order valence-corrected chi connectivity index (χ2v) is 13.0. The van der Waals surface area contributed by atoms with Crippen molar-refractivity contribution in [2.24, 2.45) is 0 Å². The summed E-state index contributed by atoms with van der Waals surface area (Å²) in [6.45, 7) is 9.08. The lowest BCUT2D eigenvalue weighted by Crippen LogP contribution is -2.22. The van der Waals surface area contributed by atoms with Gasteiger partial charge in [0.1, 0.15) is 12.6 Å². The minimum absolute atomic E-state index is 0.00233. The number of nitrogens with zero attached hydrogens (tertiary/aromatic N) is 2. The lowest BCUT2D eigenvalue weighted by Gasteiger charge is -2.16. The highest BCUT2D eigenvalue weighted by atomic mass is 28.3. The molecule has 1 aromatic carbocycles. The maximum atomic E-state index is 9.56. The largest absolute Gasteiger partial charge is 0.392 e. The van der Waals surface area contributed by atoms with Gasteiger partial charge in [-0.1, -0.05) is 31.8 Å². The molecule has 0 fully saturated rings. The van der Waals surface area contributed by atoms with E-state index >= 15 is 0 Å². The van der Waals surface area contributed by atoms with Crippen molar-refractivity contribution in [3.05, 3.63) is 29.6 Å². The smallest absolute Gasteiger partial charge is 0.124 e. The molecule has 0 unspecified atom stereocenters. The Kier molecular flexibility index (Phi) is 6.98. The van der Waals surface area contributed by atoms with Gasteiger partial charge in [0.05, 0.1) is 17.6 Å². The Morgan fingerprint density at radius 3 is 2.67 bits per heavy atom.